The molecule has 20 heavy (non-hydrogen) atoms. The molecule has 1 amide bonds. The summed E-state index contributed by atoms with van der Waals surface area (Å²) in [5.41, 5.74) is 1.30. The number of anilines is 1. The molecule has 1 aliphatic heterocycles. The van der Waals surface area contributed by atoms with Crippen LogP contribution in [0, 0.1) is 16.7 Å². The summed E-state index contributed by atoms with van der Waals surface area (Å²) >= 11 is 0. The van der Waals surface area contributed by atoms with Crippen molar-refractivity contribution in [1.82, 2.24) is 5.32 Å². The zero-order chi connectivity index (χ0) is 14.8. The van der Waals surface area contributed by atoms with Gasteiger partial charge < -0.3 is 10.2 Å². The summed E-state index contributed by atoms with van der Waals surface area (Å²) in [7, 11) is 1.63. The van der Waals surface area contributed by atoms with Crippen molar-refractivity contribution < 1.29 is 9.59 Å². The Morgan fingerprint density at radius 2 is 2.30 bits per heavy atom. The maximum atomic E-state index is 11.9. The van der Waals surface area contributed by atoms with Gasteiger partial charge in [0.1, 0.15) is 12.4 Å². The van der Waals surface area contributed by atoms with Crippen molar-refractivity contribution in [3.8, 4) is 6.07 Å². The van der Waals surface area contributed by atoms with Gasteiger partial charge in [-0.05, 0) is 31.5 Å². The van der Waals surface area contributed by atoms with Gasteiger partial charge >= 0.3 is 0 Å². The number of benzene rings is 1. The second-order valence-electron chi connectivity index (χ2n) is 5.32. The summed E-state index contributed by atoms with van der Waals surface area (Å²) in [4.78, 5) is 24.7. The molecule has 1 aromatic rings. The summed E-state index contributed by atoms with van der Waals surface area (Å²) in [5, 5.41) is 11.9. The van der Waals surface area contributed by atoms with Crippen LogP contribution in [0.25, 0.3) is 0 Å². The molecule has 0 radical (unpaired) electrons. The monoisotopic (exact) mass is 271 g/mol. The van der Waals surface area contributed by atoms with E-state index >= 15 is 0 Å². The zero-order valence-electron chi connectivity index (χ0n) is 11.6. The van der Waals surface area contributed by atoms with Gasteiger partial charge in [0, 0.05) is 25.7 Å². The SMILES string of the molecule is CNC(=O)C1(C)CCN(c2ccc(C=O)cc2C#N)C1. The maximum absolute atomic E-state index is 11.9. The molecule has 2 rings (SSSR count). The Bertz CT molecular complexity index is 591. The molecule has 5 nitrogen and oxygen atoms in total. The highest BCUT2D eigenvalue weighted by Gasteiger charge is 2.40. The molecular weight excluding hydrogens is 254 g/mol. The molecule has 1 heterocycles. The summed E-state index contributed by atoms with van der Waals surface area (Å²) in [6, 6.07) is 7.17. The van der Waals surface area contributed by atoms with E-state index in [0.29, 0.717) is 17.7 Å². The van der Waals surface area contributed by atoms with Crippen LogP contribution in [0.3, 0.4) is 0 Å². The van der Waals surface area contributed by atoms with E-state index in [4.69, 9.17) is 0 Å². The predicted molar refractivity (Wildman–Crippen MR) is 75.5 cm³/mol. The van der Waals surface area contributed by atoms with Crippen molar-refractivity contribution in [3.63, 3.8) is 0 Å². The van der Waals surface area contributed by atoms with E-state index < -0.39 is 5.41 Å². The van der Waals surface area contributed by atoms with Crippen molar-refractivity contribution in [3.05, 3.63) is 29.3 Å². The van der Waals surface area contributed by atoms with Gasteiger partial charge in [-0.15, -0.1) is 0 Å². The minimum absolute atomic E-state index is 0.0167. The van der Waals surface area contributed by atoms with Crippen LogP contribution < -0.4 is 10.2 Å². The van der Waals surface area contributed by atoms with E-state index in [1.807, 2.05) is 11.8 Å². The summed E-state index contributed by atoms with van der Waals surface area (Å²) in [6.07, 6.45) is 1.47. The Morgan fingerprint density at radius 1 is 1.55 bits per heavy atom. The zero-order valence-corrected chi connectivity index (χ0v) is 11.6. The number of carbonyl (C=O) groups excluding carboxylic acids is 2. The molecule has 1 unspecified atom stereocenters. The molecule has 0 saturated carbocycles. The van der Waals surface area contributed by atoms with E-state index in [9.17, 15) is 14.9 Å². The number of hydrogen-bond donors (Lipinski definition) is 1. The van der Waals surface area contributed by atoms with Crippen LogP contribution in [0.1, 0.15) is 29.3 Å². The van der Waals surface area contributed by atoms with E-state index in [1.165, 1.54) is 0 Å². The first-order valence-electron chi connectivity index (χ1n) is 6.50. The van der Waals surface area contributed by atoms with Crippen molar-refractivity contribution in [2.45, 2.75) is 13.3 Å². The standard InChI is InChI=1S/C15H17N3O2/c1-15(14(20)17-2)5-6-18(10-15)13-4-3-11(9-19)7-12(13)8-16/h3-4,7,9H,5-6,10H2,1-2H3,(H,17,20). The Labute approximate surface area is 118 Å². The molecular formula is C15H17N3O2. The van der Waals surface area contributed by atoms with Gasteiger partial charge in [-0.1, -0.05) is 0 Å². The Morgan fingerprint density at radius 3 is 2.90 bits per heavy atom. The van der Waals surface area contributed by atoms with Gasteiger partial charge in [0.05, 0.1) is 16.7 Å². The molecule has 0 spiro atoms. The third-order valence-corrected chi connectivity index (χ3v) is 3.87. The number of nitrogens with one attached hydrogen (secondary N) is 1. The number of amides is 1. The highest BCUT2D eigenvalue weighted by atomic mass is 16.2. The average molecular weight is 271 g/mol. The van der Waals surface area contributed by atoms with Gasteiger partial charge in [-0.3, -0.25) is 9.59 Å². The van der Waals surface area contributed by atoms with Gasteiger partial charge in [0.2, 0.25) is 5.91 Å². The molecule has 0 bridgehead atoms. The average Bonchev–Trinajstić information content (AvgIpc) is 2.89. The van der Waals surface area contributed by atoms with E-state index in [1.54, 1.807) is 25.2 Å². The number of rotatable bonds is 3. The lowest BCUT2D eigenvalue weighted by molar-refractivity contribution is -0.128. The number of carbonyl (C=O) groups is 2. The third kappa shape index (κ3) is 2.37. The number of hydrogen-bond acceptors (Lipinski definition) is 4. The number of nitriles is 1. The van der Waals surface area contributed by atoms with Crippen LogP contribution in [0.5, 0.6) is 0 Å². The number of aldehydes is 1. The molecule has 1 N–H and O–H groups in total. The van der Waals surface area contributed by atoms with Gasteiger partial charge in [-0.25, -0.2) is 0 Å². The molecule has 1 atom stereocenters. The van der Waals surface area contributed by atoms with E-state index in [-0.39, 0.29) is 5.91 Å². The highest BCUT2D eigenvalue weighted by molar-refractivity contribution is 5.84. The molecule has 1 aromatic carbocycles. The first kappa shape index (κ1) is 14.1. The Balaban J connectivity index is 2.29. The number of nitrogens with zero attached hydrogens (tertiary/aromatic N) is 2. The fraction of sp³-hybridized carbons (Fsp3) is 0.400. The summed E-state index contributed by atoms with van der Waals surface area (Å²) in [5.74, 6) is 0.0167. The van der Waals surface area contributed by atoms with Crippen LogP contribution in [0.2, 0.25) is 0 Å². The first-order valence-corrected chi connectivity index (χ1v) is 6.50. The molecule has 0 aromatic heterocycles. The second kappa shape index (κ2) is 5.33. The van der Waals surface area contributed by atoms with Crippen molar-refractivity contribution in [1.29, 1.82) is 5.26 Å². The maximum Gasteiger partial charge on any atom is 0.227 e. The lowest BCUT2D eigenvalue weighted by atomic mass is 9.89. The summed E-state index contributed by atoms with van der Waals surface area (Å²) < 4.78 is 0. The molecule has 1 saturated heterocycles. The normalized spacial score (nSPS) is 21.4. The minimum atomic E-state index is -0.440. The van der Waals surface area contributed by atoms with Crippen LogP contribution >= 0.6 is 0 Å². The Kier molecular flexibility index (Phi) is 3.75. The second-order valence-corrected chi connectivity index (χ2v) is 5.32. The van der Waals surface area contributed by atoms with Crippen LogP contribution in [-0.2, 0) is 4.79 Å². The molecule has 1 aliphatic rings. The first-order chi connectivity index (χ1) is 9.54. The van der Waals surface area contributed by atoms with Crippen molar-refractivity contribution in [2.75, 3.05) is 25.0 Å². The van der Waals surface area contributed by atoms with Gasteiger partial charge in [-0.2, -0.15) is 5.26 Å². The smallest absolute Gasteiger partial charge is 0.227 e. The molecule has 104 valence electrons. The lowest BCUT2D eigenvalue weighted by Gasteiger charge is -2.24. The third-order valence-electron chi connectivity index (χ3n) is 3.87. The van der Waals surface area contributed by atoms with E-state index in [2.05, 4.69) is 11.4 Å². The Hall–Kier alpha value is -2.35. The van der Waals surface area contributed by atoms with Crippen LogP contribution in [0.15, 0.2) is 18.2 Å². The minimum Gasteiger partial charge on any atom is -0.369 e. The fourth-order valence-corrected chi connectivity index (χ4v) is 2.65. The molecule has 5 heteroatoms. The topological polar surface area (TPSA) is 73.2 Å². The van der Waals surface area contributed by atoms with E-state index in [0.717, 1.165) is 24.9 Å². The van der Waals surface area contributed by atoms with Crippen LogP contribution in [0.4, 0.5) is 5.69 Å². The van der Waals surface area contributed by atoms with Crippen molar-refractivity contribution >= 4 is 17.9 Å². The fourth-order valence-electron chi connectivity index (χ4n) is 2.65. The molecule has 0 aliphatic carbocycles. The molecule has 1 fully saturated rings. The van der Waals surface area contributed by atoms with Gasteiger partial charge in [0.25, 0.3) is 0 Å². The van der Waals surface area contributed by atoms with Crippen LogP contribution in [-0.4, -0.2) is 32.3 Å². The lowest BCUT2D eigenvalue weighted by Crippen LogP contribution is -2.39. The van der Waals surface area contributed by atoms with Gasteiger partial charge in [0.15, 0.2) is 0 Å². The summed E-state index contributed by atoms with van der Waals surface area (Å²) in [6.45, 7) is 3.22. The quantitative estimate of drug-likeness (QED) is 0.842. The van der Waals surface area contributed by atoms with Crippen molar-refractivity contribution in [2.24, 2.45) is 5.41 Å². The predicted octanol–water partition coefficient (Wildman–Crippen LogP) is 1.33. The highest BCUT2D eigenvalue weighted by Crippen LogP contribution is 2.34. The largest absolute Gasteiger partial charge is 0.369 e.